The lowest BCUT2D eigenvalue weighted by molar-refractivity contribution is -0.291. The molecule has 2 heterocycles. The fourth-order valence-corrected chi connectivity index (χ4v) is 2.91. The molecule has 0 radical (unpaired) electrons. The van der Waals surface area contributed by atoms with E-state index < -0.39 is 35.7 Å². The first-order valence-corrected chi connectivity index (χ1v) is 7.50. The fourth-order valence-electron chi connectivity index (χ4n) is 2.46. The minimum Gasteiger partial charge on any atom is -0.470 e. The van der Waals surface area contributed by atoms with Gasteiger partial charge in [0.2, 0.25) is 0 Å². The van der Waals surface area contributed by atoms with Gasteiger partial charge >= 0.3 is 0 Å². The largest absolute Gasteiger partial charge is 0.470 e. The van der Waals surface area contributed by atoms with E-state index in [1.54, 1.807) is 6.07 Å². The lowest BCUT2D eigenvalue weighted by Gasteiger charge is -2.44. The van der Waals surface area contributed by atoms with Crippen molar-refractivity contribution in [2.24, 2.45) is 0 Å². The maximum absolute atomic E-state index is 10.3. The van der Waals surface area contributed by atoms with E-state index in [4.69, 9.17) is 9.47 Å². The molecule has 1 aromatic heterocycles. The first-order chi connectivity index (χ1) is 10.4. The number of para-hydroxylation sites is 1. The van der Waals surface area contributed by atoms with Gasteiger partial charge in [-0.05, 0) is 22.0 Å². The molecule has 120 valence electrons. The summed E-state index contributed by atoms with van der Waals surface area (Å²) in [5, 5.41) is 40.2. The maximum atomic E-state index is 10.3. The van der Waals surface area contributed by atoms with Crippen LogP contribution < -0.4 is 4.74 Å². The van der Waals surface area contributed by atoms with Gasteiger partial charge in [0.05, 0.1) is 6.61 Å². The lowest BCUT2D eigenvalue weighted by Crippen LogP contribution is -2.64. The van der Waals surface area contributed by atoms with Crippen LogP contribution in [0.5, 0.6) is 5.88 Å². The van der Waals surface area contributed by atoms with Gasteiger partial charge in [-0.15, -0.1) is 0 Å². The van der Waals surface area contributed by atoms with E-state index in [9.17, 15) is 20.4 Å². The van der Waals surface area contributed by atoms with Crippen LogP contribution >= 0.6 is 15.9 Å². The monoisotopic (exact) mass is 373 g/mol. The minimum atomic E-state index is -1.61. The zero-order valence-electron chi connectivity index (χ0n) is 11.4. The van der Waals surface area contributed by atoms with Crippen molar-refractivity contribution < 1.29 is 29.9 Å². The molecule has 0 amide bonds. The van der Waals surface area contributed by atoms with Crippen LogP contribution in [0.4, 0.5) is 0 Å². The Hall–Kier alpha value is -1.16. The summed E-state index contributed by atoms with van der Waals surface area (Å²) in [4.78, 5) is 3.00. The normalized spacial score (nSPS) is 35.7. The van der Waals surface area contributed by atoms with Gasteiger partial charge in [0, 0.05) is 17.0 Å². The fraction of sp³-hybridized carbons (Fsp3) is 0.429. The Bertz CT molecular complexity index is 631. The molecule has 7 nitrogen and oxygen atoms in total. The maximum Gasteiger partial charge on any atom is 0.192 e. The molecule has 0 aliphatic carbocycles. The summed E-state index contributed by atoms with van der Waals surface area (Å²) in [5.41, 5.74) is 0.835. The summed E-state index contributed by atoms with van der Waals surface area (Å²) in [5.74, 6) is 0.325. The van der Waals surface area contributed by atoms with E-state index in [2.05, 4.69) is 20.9 Å². The molecular weight excluding hydrogens is 358 g/mol. The molecule has 1 aromatic carbocycles. The van der Waals surface area contributed by atoms with Gasteiger partial charge in [0.1, 0.15) is 12.2 Å². The van der Waals surface area contributed by atoms with Crippen LogP contribution in [0, 0.1) is 0 Å². The highest BCUT2D eigenvalue weighted by atomic mass is 79.9. The van der Waals surface area contributed by atoms with Crippen molar-refractivity contribution in [3.63, 3.8) is 0 Å². The second kappa shape index (κ2) is 5.80. The number of fused-ring (bicyclic) bond motifs is 1. The number of nitrogens with one attached hydrogen (secondary N) is 1. The van der Waals surface area contributed by atoms with E-state index in [1.165, 1.54) is 0 Å². The molecule has 2 aromatic rings. The van der Waals surface area contributed by atoms with Crippen molar-refractivity contribution in [1.82, 2.24) is 4.98 Å². The number of benzene rings is 1. The summed E-state index contributed by atoms with van der Waals surface area (Å²) < 4.78 is 8.99. The molecule has 0 bridgehead atoms. The van der Waals surface area contributed by atoms with Crippen LogP contribution in [0.15, 0.2) is 30.3 Å². The topological polar surface area (TPSA) is 115 Å². The lowest BCUT2D eigenvalue weighted by atomic mass is 9.99. The highest BCUT2D eigenvalue weighted by Crippen LogP contribution is 2.36. The molecule has 0 unspecified atom stereocenters. The summed E-state index contributed by atoms with van der Waals surface area (Å²) >= 11 is 3.03. The molecule has 1 aliphatic rings. The van der Waals surface area contributed by atoms with Gasteiger partial charge in [0.25, 0.3) is 0 Å². The van der Waals surface area contributed by atoms with Gasteiger partial charge in [0.15, 0.2) is 22.8 Å². The average molecular weight is 374 g/mol. The van der Waals surface area contributed by atoms with Gasteiger partial charge in [-0.2, -0.15) is 0 Å². The summed E-state index contributed by atoms with van der Waals surface area (Å²) in [6.45, 7) is -0.607. The second-order valence-electron chi connectivity index (χ2n) is 5.19. The molecule has 5 atom stereocenters. The third-order valence-corrected chi connectivity index (χ3v) is 4.59. The first kappa shape index (κ1) is 15.7. The van der Waals surface area contributed by atoms with Gasteiger partial charge in [-0.1, -0.05) is 18.2 Å². The summed E-state index contributed by atoms with van der Waals surface area (Å²) in [6.07, 6.45) is -5.67. The van der Waals surface area contributed by atoms with Crippen molar-refractivity contribution in [2.45, 2.75) is 29.1 Å². The number of aliphatic hydroxyl groups is 4. The van der Waals surface area contributed by atoms with E-state index in [1.807, 2.05) is 24.3 Å². The molecule has 1 saturated heterocycles. The van der Waals surface area contributed by atoms with Crippen LogP contribution in [0.3, 0.4) is 0 Å². The Morgan fingerprint density at radius 2 is 2.00 bits per heavy atom. The first-order valence-electron chi connectivity index (χ1n) is 6.71. The number of H-pyrrole nitrogens is 1. The Morgan fingerprint density at radius 3 is 2.68 bits per heavy atom. The highest BCUT2D eigenvalue weighted by Gasteiger charge is 2.53. The van der Waals surface area contributed by atoms with Gasteiger partial charge < -0.3 is 34.9 Å². The third kappa shape index (κ3) is 2.62. The smallest absolute Gasteiger partial charge is 0.192 e. The predicted octanol–water partition coefficient (Wildman–Crippen LogP) is 0.0692. The minimum absolute atomic E-state index is 0.325. The number of aromatic nitrogens is 1. The zero-order valence-corrected chi connectivity index (χ0v) is 13.0. The molecule has 0 saturated carbocycles. The zero-order chi connectivity index (χ0) is 15.9. The molecule has 5 N–H and O–H groups in total. The van der Waals surface area contributed by atoms with E-state index in [0.717, 1.165) is 10.9 Å². The SMILES string of the molecule is OC[C@@]1(Br)O[C@@H](O)[C@H](O)[C@@H](Oc2cc3ccccc3[nH]2)[C@H]1O. The van der Waals surface area contributed by atoms with E-state index >= 15 is 0 Å². The predicted molar refractivity (Wildman–Crippen MR) is 80.6 cm³/mol. The van der Waals surface area contributed by atoms with Gasteiger partial charge in [-0.3, -0.25) is 0 Å². The number of aromatic amines is 1. The average Bonchev–Trinajstić information content (AvgIpc) is 2.92. The quantitative estimate of drug-likeness (QED) is 0.486. The standard InChI is InChI=1S/C14H16BrNO6/c15-14(6-17)12(19)11(10(18)13(20)22-14)21-9-5-7-3-1-2-4-8(7)16-9/h1-5,10-13,16-20H,6H2/t10-,11-,12-,13-,14-/m1/s1. The van der Waals surface area contributed by atoms with Crippen molar-refractivity contribution in [1.29, 1.82) is 0 Å². The number of ether oxygens (including phenoxy) is 2. The van der Waals surface area contributed by atoms with Crippen LogP contribution in [-0.4, -0.2) is 61.1 Å². The van der Waals surface area contributed by atoms with E-state index in [0.29, 0.717) is 5.88 Å². The van der Waals surface area contributed by atoms with Crippen LogP contribution in [0.1, 0.15) is 0 Å². The van der Waals surface area contributed by atoms with Crippen LogP contribution in [0.2, 0.25) is 0 Å². The molecule has 3 rings (SSSR count). The van der Waals surface area contributed by atoms with E-state index in [-0.39, 0.29) is 0 Å². The molecular formula is C14H16BrNO6. The van der Waals surface area contributed by atoms with Crippen molar-refractivity contribution in [3.05, 3.63) is 30.3 Å². The van der Waals surface area contributed by atoms with Crippen molar-refractivity contribution in [2.75, 3.05) is 6.61 Å². The van der Waals surface area contributed by atoms with Crippen LogP contribution in [-0.2, 0) is 4.74 Å². The Morgan fingerprint density at radius 1 is 1.27 bits per heavy atom. The number of halogens is 1. The molecule has 8 heteroatoms. The number of hydrogen-bond acceptors (Lipinski definition) is 6. The Balaban J connectivity index is 1.88. The van der Waals surface area contributed by atoms with Gasteiger partial charge in [-0.25, -0.2) is 0 Å². The molecule has 1 fully saturated rings. The molecule has 22 heavy (non-hydrogen) atoms. The highest BCUT2D eigenvalue weighted by molar-refractivity contribution is 9.10. The number of alkyl halides is 1. The second-order valence-corrected chi connectivity index (χ2v) is 6.53. The van der Waals surface area contributed by atoms with Crippen LogP contribution in [0.25, 0.3) is 10.9 Å². The Labute approximate surface area is 134 Å². The van der Waals surface area contributed by atoms with Crippen molar-refractivity contribution in [3.8, 4) is 5.88 Å². The Kier molecular flexibility index (Phi) is 4.15. The summed E-state index contributed by atoms with van der Waals surface area (Å²) in [6, 6.07) is 9.19. The summed E-state index contributed by atoms with van der Waals surface area (Å²) in [7, 11) is 0. The third-order valence-electron chi connectivity index (χ3n) is 3.68. The van der Waals surface area contributed by atoms with Crippen molar-refractivity contribution >= 4 is 26.8 Å². The number of aliphatic hydroxyl groups excluding tert-OH is 4. The number of hydrogen-bond donors (Lipinski definition) is 5. The molecule has 1 aliphatic heterocycles. The molecule has 0 spiro atoms. The number of rotatable bonds is 3.